The summed E-state index contributed by atoms with van der Waals surface area (Å²) in [5, 5.41) is 0. The summed E-state index contributed by atoms with van der Waals surface area (Å²) in [7, 11) is 0. The number of para-hydroxylation sites is 1. The maximum atomic E-state index is 11.9. The van der Waals surface area contributed by atoms with E-state index in [4.69, 9.17) is 15.2 Å². The maximum Gasteiger partial charge on any atom is 0.340 e. The van der Waals surface area contributed by atoms with Crippen molar-refractivity contribution in [3.05, 3.63) is 54.1 Å². The summed E-state index contributed by atoms with van der Waals surface area (Å²) in [4.78, 5) is 11.9. The lowest BCUT2D eigenvalue weighted by molar-refractivity contribution is 0.0501. The quantitative estimate of drug-likeness (QED) is 0.494. The summed E-state index contributed by atoms with van der Waals surface area (Å²) in [6.07, 6.45) is 1.83. The minimum absolute atomic E-state index is 0.352. The van der Waals surface area contributed by atoms with Crippen LogP contribution in [0, 0.1) is 0 Å². The van der Waals surface area contributed by atoms with Crippen LogP contribution in [0.1, 0.15) is 30.1 Å². The molecule has 0 aliphatic rings. The monoisotopic (exact) mass is 285 g/mol. The number of anilines is 1. The van der Waals surface area contributed by atoms with E-state index in [2.05, 4.69) is 0 Å². The molecule has 0 saturated heterocycles. The van der Waals surface area contributed by atoms with E-state index in [1.807, 2.05) is 37.3 Å². The van der Waals surface area contributed by atoms with E-state index in [0.717, 1.165) is 18.6 Å². The van der Waals surface area contributed by atoms with Crippen LogP contribution in [0.4, 0.5) is 5.69 Å². The molecule has 2 aromatic rings. The Morgan fingerprint density at radius 3 is 2.52 bits per heavy atom. The van der Waals surface area contributed by atoms with Crippen LogP contribution in [0.15, 0.2) is 48.5 Å². The molecule has 0 aromatic heterocycles. The number of hydrogen-bond acceptors (Lipinski definition) is 4. The Hall–Kier alpha value is -2.49. The molecule has 0 aliphatic carbocycles. The minimum Gasteiger partial charge on any atom is -0.462 e. The predicted octanol–water partition coefficient (Wildman–Crippen LogP) is 4.02. The Bertz CT molecular complexity index is 596. The van der Waals surface area contributed by atoms with Gasteiger partial charge in [-0.2, -0.15) is 0 Å². The molecule has 0 saturated carbocycles. The third-order valence-corrected chi connectivity index (χ3v) is 2.95. The fourth-order valence-electron chi connectivity index (χ4n) is 1.80. The Morgan fingerprint density at radius 2 is 1.86 bits per heavy atom. The first-order valence-corrected chi connectivity index (χ1v) is 7.00. The van der Waals surface area contributed by atoms with E-state index in [9.17, 15) is 4.79 Å². The molecule has 21 heavy (non-hydrogen) atoms. The van der Waals surface area contributed by atoms with Crippen molar-refractivity contribution in [3.8, 4) is 11.5 Å². The van der Waals surface area contributed by atoms with Gasteiger partial charge in [-0.1, -0.05) is 31.5 Å². The van der Waals surface area contributed by atoms with Crippen molar-refractivity contribution in [1.82, 2.24) is 0 Å². The van der Waals surface area contributed by atoms with Crippen molar-refractivity contribution in [2.45, 2.75) is 19.8 Å². The van der Waals surface area contributed by atoms with Crippen molar-refractivity contribution in [1.29, 1.82) is 0 Å². The third kappa shape index (κ3) is 4.24. The molecule has 0 unspecified atom stereocenters. The summed E-state index contributed by atoms with van der Waals surface area (Å²) in [6.45, 7) is 2.45. The number of benzene rings is 2. The Labute approximate surface area is 124 Å². The highest BCUT2D eigenvalue weighted by atomic mass is 16.5. The zero-order valence-electron chi connectivity index (χ0n) is 12.0. The highest BCUT2D eigenvalue weighted by molar-refractivity contribution is 5.95. The summed E-state index contributed by atoms with van der Waals surface area (Å²) < 4.78 is 10.8. The van der Waals surface area contributed by atoms with Crippen LogP contribution in [0.2, 0.25) is 0 Å². The number of unbranched alkanes of at least 4 members (excludes halogenated alkanes) is 1. The van der Waals surface area contributed by atoms with Gasteiger partial charge in [-0.25, -0.2) is 4.79 Å². The molecule has 0 bridgehead atoms. The number of ether oxygens (including phenoxy) is 2. The number of carbonyl (C=O) groups excluding carboxylic acids is 1. The second kappa shape index (κ2) is 7.33. The van der Waals surface area contributed by atoms with E-state index < -0.39 is 5.97 Å². The fourth-order valence-corrected chi connectivity index (χ4v) is 1.80. The number of carbonyl (C=O) groups is 1. The molecule has 2 rings (SSSR count). The topological polar surface area (TPSA) is 61.5 Å². The summed E-state index contributed by atoms with van der Waals surface area (Å²) >= 11 is 0. The lowest BCUT2D eigenvalue weighted by Crippen LogP contribution is -2.09. The first kappa shape index (κ1) is 14.9. The molecule has 2 aromatic carbocycles. The first-order valence-electron chi connectivity index (χ1n) is 7.00. The highest BCUT2D eigenvalue weighted by Crippen LogP contribution is 2.25. The van der Waals surface area contributed by atoms with Gasteiger partial charge in [-0.15, -0.1) is 0 Å². The van der Waals surface area contributed by atoms with Gasteiger partial charge in [0, 0.05) is 11.8 Å². The molecule has 0 spiro atoms. The van der Waals surface area contributed by atoms with E-state index in [0.29, 0.717) is 23.6 Å². The zero-order valence-corrected chi connectivity index (χ0v) is 12.0. The maximum absolute atomic E-state index is 11.9. The Balaban J connectivity index is 2.05. The first-order chi connectivity index (χ1) is 10.2. The van der Waals surface area contributed by atoms with E-state index in [1.54, 1.807) is 18.2 Å². The van der Waals surface area contributed by atoms with Crippen molar-refractivity contribution in [3.63, 3.8) is 0 Å². The van der Waals surface area contributed by atoms with Crippen molar-refractivity contribution >= 4 is 11.7 Å². The molecule has 0 atom stereocenters. The van der Waals surface area contributed by atoms with Gasteiger partial charge in [-0.05, 0) is 30.7 Å². The number of esters is 1. The molecule has 110 valence electrons. The predicted molar refractivity (Wildman–Crippen MR) is 82.6 cm³/mol. The third-order valence-electron chi connectivity index (χ3n) is 2.95. The van der Waals surface area contributed by atoms with Crippen LogP contribution in [-0.2, 0) is 4.74 Å². The molecular formula is C17H19NO3. The van der Waals surface area contributed by atoms with Gasteiger partial charge < -0.3 is 15.2 Å². The van der Waals surface area contributed by atoms with Gasteiger partial charge >= 0.3 is 5.97 Å². The molecule has 4 nitrogen and oxygen atoms in total. The van der Waals surface area contributed by atoms with Crippen molar-refractivity contribution in [2.75, 3.05) is 12.3 Å². The van der Waals surface area contributed by atoms with Crippen LogP contribution in [0.5, 0.6) is 11.5 Å². The normalized spacial score (nSPS) is 10.1. The lowest BCUT2D eigenvalue weighted by Gasteiger charge is -2.09. The molecule has 0 radical (unpaired) electrons. The fraction of sp³-hybridized carbons (Fsp3) is 0.235. The van der Waals surface area contributed by atoms with Crippen LogP contribution in [0.3, 0.4) is 0 Å². The number of nitrogens with two attached hydrogens (primary N) is 1. The molecular weight excluding hydrogens is 266 g/mol. The van der Waals surface area contributed by atoms with Crippen LogP contribution >= 0.6 is 0 Å². The zero-order chi connectivity index (χ0) is 15.1. The van der Waals surface area contributed by atoms with E-state index in [1.165, 1.54) is 0 Å². The van der Waals surface area contributed by atoms with Gasteiger partial charge in [0.2, 0.25) is 0 Å². The van der Waals surface area contributed by atoms with Gasteiger partial charge in [0.1, 0.15) is 11.5 Å². The van der Waals surface area contributed by atoms with Gasteiger partial charge in [0.05, 0.1) is 12.2 Å². The largest absolute Gasteiger partial charge is 0.462 e. The molecule has 4 heteroatoms. The second-order valence-corrected chi connectivity index (χ2v) is 4.65. The smallest absolute Gasteiger partial charge is 0.340 e. The lowest BCUT2D eigenvalue weighted by atomic mass is 10.1. The number of hydrogen-bond donors (Lipinski definition) is 1. The van der Waals surface area contributed by atoms with E-state index in [-0.39, 0.29) is 0 Å². The standard InChI is InChI=1S/C17H19NO3/c1-2-3-11-20-17(19)15-10-9-14(12-16(15)18)21-13-7-5-4-6-8-13/h4-10,12H,2-3,11,18H2,1H3. The van der Waals surface area contributed by atoms with Crippen LogP contribution in [-0.4, -0.2) is 12.6 Å². The second-order valence-electron chi connectivity index (χ2n) is 4.65. The van der Waals surface area contributed by atoms with Crippen LogP contribution < -0.4 is 10.5 Å². The Kier molecular flexibility index (Phi) is 5.21. The van der Waals surface area contributed by atoms with Crippen molar-refractivity contribution in [2.24, 2.45) is 0 Å². The average molecular weight is 285 g/mol. The highest BCUT2D eigenvalue weighted by Gasteiger charge is 2.12. The SMILES string of the molecule is CCCCOC(=O)c1ccc(Oc2ccccc2)cc1N. The van der Waals surface area contributed by atoms with Crippen molar-refractivity contribution < 1.29 is 14.3 Å². The number of nitrogen functional groups attached to an aromatic ring is 1. The molecule has 0 heterocycles. The van der Waals surface area contributed by atoms with Gasteiger partial charge in [0.15, 0.2) is 0 Å². The summed E-state index contributed by atoms with van der Waals surface area (Å²) in [5.74, 6) is 0.909. The molecule has 2 N–H and O–H groups in total. The summed E-state index contributed by atoms with van der Waals surface area (Å²) in [5.41, 5.74) is 6.62. The van der Waals surface area contributed by atoms with Crippen LogP contribution in [0.25, 0.3) is 0 Å². The minimum atomic E-state index is -0.396. The average Bonchev–Trinajstić information content (AvgIpc) is 2.48. The summed E-state index contributed by atoms with van der Waals surface area (Å²) in [6, 6.07) is 14.4. The molecule has 0 amide bonds. The van der Waals surface area contributed by atoms with E-state index >= 15 is 0 Å². The Morgan fingerprint density at radius 1 is 1.10 bits per heavy atom. The number of rotatable bonds is 6. The molecule has 0 fully saturated rings. The molecule has 0 aliphatic heterocycles. The van der Waals surface area contributed by atoms with Gasteiger partial charge in [0.25, 0.3) is 0 Å². The van der Waals surface area contributed by atoms with Gasteiger partial charge in [-0.3, -0.25) is 0 Å².